The van der Waals surface area contributed by atoms with Crippen molar-refractivity contribution < 1.29 is 8.42 Å². The van der Waals surface area contributed by atoms with E-state index in [1.807, 2.05) is 18.4 Å². The van der Waals surface area contributed by atoms with E-state index in [1.54, 1.807) is 18.0 Å². The highest BCUT2D eigenvalue weighted by Gasteiger charge is 2.39. The fraction of sp³-hybridized carbons (Fsp3) is 0.556. The molecule has 14 heavy (non-hydrogen) atoms. The molecule has 3 atom stereocenters. The number of rotatable bonds is 2. The Hall–Kier alpha value is -0.420. The van der Waals surface area contributed by atoms with Crippen LogP contribution in [0.5, 0.6) is 0 Å². The van der Waals surface area contributed by atoms with Gasteiger partial charge in [0.15, 0.2) is 0 Å². The number of thioether (sulfide) groups is 1. The quantitative estimate of drug-likeness (QED) is 0.667. The maximum Gasteiger partial charge on any atom is 0.232 e. The van der Waals surface area contributed by atoms with E-state index in [1.165, 1.54) is 10.6 Å². The normalized spacial score (nSPS) is 35.3. The topological polar surface area (TPSA) is 37.4 Å². The van der Waals surface area contributed by atoms with E-state index in [-0.39, 0.29) is 6.04 Å². The van der Waals surface area contributed by atoms with E-state index in [9.17, 15) is 8.42 Å². The van der Waals surface area contributed by atoms with E-state index in [4.69, 9.17) is 0 Å². The molecule has 1 aliphatic heterocycles. The largest absolute Gasteiger partial charge is 0.270 e. The van der Waals surface area contributed by atoms with Crippen LogP contribution in [0.2, 0.25) is 0 Å². The molecular weight excluding hydrogens is 218 g/mol. The SMILES string of the molecule is CS[C@@H]1[C@H]2C=C[C@H]1N(S(C)(=O)=O)C=C2. The molecule has 5 heteroatoms. The molecule has 0 radical (unpaired) electrons. The zero-order chi connectivity index (χ0) is 10.3. The van der Waals surface area contributed by atoms with Gasteiger partial charge in [0.1, 0.15) is 0 Å². The first-order valence-electron chi connectivity index (χ1n) is 4.42. The summed E-state index contributed by atoms with van der Waals surface area (Å²) in [4.78, 5) is 0. The molecule has 0 unspecified atom stereocenters. The van der Waals surface area contributed by atoms with Gasteiger partial charge >= 0.3 is 0 Å². The van der Waals surface area contributed by atoms with Crippen LogP contribution in [-0.2, 0) is 10.0 Å². The lowest BCUT2D eigenvalue weighted by Crippen LogP contribution is -2.43. The highest BCUT2D eigenvalue weighted by atomic mass is 32.2. The second-order valence-electron chi connectivity index (χ2n) is 3.59. The van der Waals surface area contributed by atoms with Gasteiger partial charge in [0.05, 0.1) is 12.3 Å². The first-order chi connectivity index (χ1) is 6.54. The fourth-order valence-electron chi connectivity index (χ4n) is 2.00. The van der Waals surface area contributed by atoms with Crippen LogP contribution in [0.1, 0.15) is 0 Å². The Balaban J connectivity index is 2.36. The van der Waals surface area contributed by atoms with Crippen molar-refractivity contribution in [1.29, 1.82) is 0 Å². The van der Waals surface area contributed by atoms with E-state index < -0.39 is 10.0 Å². The molecule has 0 amide bonds. The average Bonchev–Trinajstić information content (AvgIpc) is 2.35. The fourth-order valence-corrected chi connectivity index (χ4v) is 4.01. The van der Waals surface area contributed by atoms with E-state index in [2.05, 4.69) is 6.08 Å². The molecule has 0 aromatic carbocycles. The summed E-state index contributed by atoms with van der Waals surface area (Å²) in [6, 6.07) is 0.00926. The van der Waals surface area contributed by atoms with Gasteiger partial charge in [0.2, 0.25) is 10.0 Å². The van der Waals surface area contributed by atoms with Gasteiger partial charge < -0.3 is 0 Å². The molecule has 78 valence electrons. The van der Waals surface area contributed by atoms with Crippen molar-refractivity contribution in [3.05, 3.63) is 24.4 Å². The molecule has 0 saturated heterocycles. The molecule has 1 aliphatic carbocycles. The lowest BCUT2D eigenvalue weighted by atomic mass is 10.1. The molecule has 0 aromatic rings. The molecule has 2 rings (SSSR count). The van der Waals surface area contributed by atoms with Crippen LogP contribution >= 0.6 is 11.8 Å². The number of hydrogen-bond donors (Lipinski definition) is 0. The predicted molar refractivity (Wildman–Crippen MR) is 59.5 cm³/mol. The zero-order valence-corrected chi connectivity index (χ0v) is 9.75. The molecule has 0 aromatic heterocycles. The summed E-state index contributed by atoms with van der Waals surface area (Å²) in [6.07, 6.45) is 11.0. The third-order valence-corrected chi connectivity index (χ3v) is 4.92. The molecule has 1 heterocycles. The number of fused-ring (bicyclic) bond motifs is 2. The summed E-state index contributed by atoms with van der Waals surface area (Å²) in [7, 11) is -3.12. The number of hydrogen-bond acceptors (Lipinski definition) is 3. The summed E-state index contributed by atoms with van der Waals surface area (Å²) in [5, 5.41) is 0.342. The highest BCUT2D eigenvalue weighted by Crippen LogP contribution is 2.37. The maximum absolute atomic E-state index is 11.5. The van der Waals surface area contributed by atoms with Crippen molar-refractivity contribution in [2.75, 3.05) is 12.5 Å². The minimum Gasteiger partial charge on any atom is -0.270 e. The average molecular weight is 231 g/mol. The Morgan fingerprint density at radius 3 is 2.57 bits per heavy atom. The molecule has 3 nitrogen and oxygen atoms in total. The van der Waals surface area contributed by atoms with Crippen molar-refractivity contribution >= 4 is 21.8 Å². The van der Waals surface area contributed by atoms with E-state index in [0.717, 1.165) is 0 Å². The van der Waals surface area contributed by atoms with Gasteiger partial charge in [-0.2, -0.15) is 11.8 Å². The van der Waals surface area contributed by atoms with Gasteiger partial charge in [-0.3, -0.25) is 4.31 Å². The van der Waals surface area contributed by atoms with Crippen molar-refractivity contribution in [1.82, 2.24) is 4.31 Å². The van der Waals surface area contributed by atoms with Crippen LogP contribution in [0.15, 0.2) is 24.4 Å². The Kier molecular flexibility index (Phi) is 2.39. The summed E-state index contributed by atoms with van der Waals surface area (Å²) in [5.41, 5.74) is 0. The third-order valence-electron chi connectivity index (χ3n) is 2.65. The van der Waals surface area contributed by atoms with Crippen LogP contribution in [0.4, 0.5) is 0 Å². The molecule has 0 saturated carbocycles. The number of nitrogens with zero attached hydrogens (tertiary/aromatic N) is 1. The van der Waals surface area contributed by atoms with Crippen molar-refractivity contribution in [3.63, 3.8) is 0 Å². The monoisotopic (exact) mass is 231 g/mol. The minimum atomic E-state index is -3.12. The van der Waals surface area contributed by atoms with Crippen molar-refractivity contribution in [2.45, 2.75) is 11.3 Å². The second-order valence-corrected chi connectivity index (χ2v) is 6.49. The Labute approximate surface area is 88.9 Å². The van der Waals surface area contributed by atoms with Crippen LogP contribution < -0.4 is 0 Å². The molecule has 2 aliphatic rings. The van der Waals surface area contributed by atoms with Crippen LogP contribution in [0.3, 0.4) is 0 Å². The predicted octanol–water partition coefficient (Wildman–Crippen LogP) is 1.06. The van der Waals surface area contributed by atoms with Gasteiger partial charge in [0, 0.05) is 17.4 Å². The smallest absolute Gasteiger partial charge is 0.232 e. The van der Waals surface area contributed by atoms with Crippen molar-refractivity contribution in [2.24, 2.45) is 5.92 Å². The lowest BCUT2D eigenvalue weighted by molar-refractivity contribution is 0.422. The van der Waals surface area contributed by atoms with Crippen LogP contribution in [-0.4, -0.2) is 36.5 Å². The zero-order valence-electron chi connectivity index (χ0n) is 8.12. The molecule has 0 spiro atoms. The summed E-state index contributed by atoms with van der Waals surface area (Å²) in [5.74, 6) is 0.396. The first-order valence-corrected chi connectivity index (χ1v) is 7.55. The van der Waals surface area contributed by atoms with Gasteiger partial charge in [-0.25, -0.2) is 8.42 Å². The van der Waals surface area contributed by atoms with Crippen molar-refractivity contribution in [3.8, 4) is 0 Å². The first kappa shape index (κ1) is 10.1. The highest BCUT2D eigenvalue weighted by molar-refractivity contribution is 7.99. The standard InChI is InChI=1S/C9H13NO2S2/c1-13-9-7-3-4-8(9)10(6-5-7)14(2,11)12/h3-9H,1-2H3/t7-,8+,9+/m0/s1. The Morgan fingerprint density at radius 2 is 2.00 bits per heavy atom. The second kappa shape index (κ2) is 3.31. The molecule has 0 N–H and O–H groups in total. The van der Waals surface area contributed by atoms with E-state index in [0.29, 0.717) is 11.2 Å². The minimum absolute atomic E-state index is 0.00926. The summed E-state index contributed by atoms with van der Waals surface area (Å²) < 4.78 is 24.4. The van der Waals surface area contributed by atoms with Crippen LogP contribution in [0, 0.1) is 5.92 Å². The lowest BCUT2D eigenvalue weighted by Gasteiger charge is -2.34. The van der Waals surface area contributed by atoms with Crippen LogP contribution in [0.25, 0.3) is 0 Å². The summed E-state index contributed by atoms with van der Waals surface area (Å²) in [6.45, 7) is 0. The molecular formula is C9H13NO2S2. The van der Waals surface area contributed by atoms with Gasteiger partial charge in [-0.15, -0.1) is 0 Å². The molecule has 2 bridgehead atoms. The number of allylic oxidation sites excluding steroid dienone is 2. The Bertz CT molecular complexity index is 386. The summed E-state index contributed by atoms with van der Waals surface area (Å²) >= 11 is 1.72. The third kappa shape index (κ3) is 1.48. The number of sulfonamides is 1. The van der Waals surface area contributed by atoms with Gasteiger partial charge in [-0.1, -0.05) is 18.2 Å². The van der Waals surface area contributed by atoms with Gasteiger partial charge in [-0.05, 0) is 6.26 Å². The van der Waals surface area contributed by atoms with Gasteiger partial charge in [0.25, 0.3) is 0 Å². The maximum atomic E-state index is 11.5. The Morgan fingerprint density at radius 1 is 1.29 bits per heavy atom. The molecule has 0 fully saturated rings. The van der Waals surface area contributed by atoms with E-state index >= 15 is 0 Å².